The van der Waals surface area contributed by atoms with Gasteiger partial charge < -0.3 is 9.73 Å². The fourth-order valence-electron chi connectivity index (χ4n) is 2.93. The molecule has 0 bridgehead atoms. The highest BCUT2D eigenvalue weighted by atomic mass is 32.2. The van der Waals surface area contributed by atoms with Crippen LogP contribution >= 0.6 is 0 Å². The van der Waals surface area contributed by atoms with Crippen molar-refractivity contribution in [3.63, 3.8) is 0 Å². The van der Waals surface area contributed by atoms with Crippen LogP contribution in [0.4, 0.5) is 11.4 Å². The third-order valence-corrected chi connectivity index (χ3v) is 5.92. The average Bonchev–Trinajstić information content (AvgIpc) is 3.04. The van der Waals surface area contributed by atoms with E-state index in [1.54, 1.807) is 20.8 Å². The standard InChI is InChI=1S/C20H23N3O5S/c1-13(19-11-14-7-5-6-8-18(14)28-19)21-16-10-9-15(12-17(16)23(24)25)29(26,27)22-20(2,3)4/h5-13,21-22H,1-4H3/t13-/m1/s1. The van der Waals surface area contributed by atoms with E-state index in [9.17, 15) is 18.5 Å². The Morgan fingerprint density at radius 3 is 2.41 bits per heavy atom. The smallest absolute Gasteiger partial charge is 0.293 e. The molecule has 1 heterocycles. The molecule has 9 heteroatoms. The number of hydrogen-bond donors (Lipinski definition) is 2. The Morgan fingerprint density at radius 1 is 1.10 bits per heavy atom. The fourth-order valence-corrected chi connectivity index (χ4v) is 4.37. The monoisotopic (exact) mass is 417 g/mol. The van der Waals surface area contributed by atoms with Gasteiger partial charge in [0.05, 0.1) is 15.9 Å². The molecule has 0 spiro atoms. The Kier molecular flexibility index (Phi) is 5.38. The average molecular weight is 417 g/mol. The number of nitrogens with zero attached hydrogens (tertiary/aromatic N) is 1. The molecule has 1 aromatic heterocycles. The quantitative estimate of drug-likeness (QED) is 0.448. The van der Waals surface area contributed by atoms with E-state index in [0.29, 0.717) is 5.76 Å². The van der Waals surface area contributed by atoms with Crippen molar-refractivity contribution in [2.24, 2.45) is 0 Å². The van der Waals surface area contributed by atoms with E-state index in [2.05, 4.69) is 10.0 Å². The van der Waals surface area contributed by atoms with Gasteiger partial charge in [0.25, 0.3) is 5.69 Å². The second kappa shape index (κ2) is 7.49. The third-order valence-electron chi connectivity index (χ3n) is 4.16. The molecule has 0 aliphatic heterocycles. The first-order valence-electron chi connectivity index (χ1n) is 9.04. The molecule has 0 fully saturated rings. The maximum absolute atomic E-state index is 12.5. The minimum absolute atomic E-state index is 0.166. The summed E-state index contributed by atoms with van der Waals surface area (Å²) in [6, 6.07) is 12.8. The third kappa shape index (κ3) is 4.75. The van der Waals surface area contributed by atoms with Gasteiger partial charge in [-0.25, -0.2) is 13.1 Å². The number of hydrogen-bond acceptors (Lipinski definition) is 6. The number of para-hydroxylation sites is 1. The van der Waals surface area contributed by atoms with E-state index in [-0.39, 0.29) is 22.3 Å². The molecule has 0 radical (unpaired) electrons. The van der Waals surface area contributed by atoms with Crippen LogP contribution in [-0.4, -0.2) is 18.9 Å². The molecular formula is C20H23N3O5S. The highest BCUT2D eigenvalue weighted by Crippen LogP contribution is 2.32. The SMILES string of the molecule is C[C@@H](Nc1ccc(S(=O)(=O)NC(C)(C)C)cc1[N+](=O)[O-])c1cc2ccccc2o1. The zero-order valence-electron chi connectivity index (χ0n) is 16.6. The number of nitro groups is 1. The lowest BCUT2D eigenvalue weighted by molar-refractivity contribution is -0.384. The number of furan rings is 1. The highest BCUT2D eigenvalue weighted by Gasteiger charge is 2.26. The van der Waals surface area contributed by atoms with Gasteiger partial charge in [0.2, 0.25) is 10.0 Å². The maximum Gasteiger partial charge on any atom is 0.293 e. The van der Waals surface area contributed by atoms with Crippen LogP contribution in [0.2, 0.25) is 0 Å². The van der Waals surface area contributed by atoms with Crippen LogP contribution in [0.5, 0.6) is 0 Å². The van der Waals surface area contributed by atoms with Crippen LogP contribution in [0.15, 0.2) is 57.8 Å². The Hall–Kier alpha value is -2.91. The molecule has 0 saturated carbocycles. The van der Waals surface area contributed by atoms with E-state index in [0.717, 1.165) is 17.0 Å². The second-order valence-electron chi connectivity index (χ2n) is 7.84. The largest absolute Gasteiger partial charge is 0.459 e. The lowest BCUT2D eigenvalue weighted by Crippen LogP contribution is -2.40. The highest BCUT2D eigenvalue weighted by molar-refractivity contribution is 7.89. The van der Waals surface area contributed by atoms with Crippen LogP contribution in [-0.2, 0) is 10.0 Å². The zero-order valence-corrected chi connectivity index (χ0v) is 17.4. The topological polar surface area (TPSA) is 114 Å². The van der Waals surface area contributed by atoms with Gasteiger partial charge in [-0.2, -0.15) is 0 Å². The Labute approximate surface area is 169 Å². The molecular weight excluding hydrogens is 394 g/mol. The molecule has 1 atom stereocenters. The normalized spacial score (nSPS) is 13.4. The Balaban J connectivity index is 1.92. The summed E-state index contributed by atoms with van der Waals surface area (Å²) in [6.07, 6.45) is 0. The molecule has 2 N–H and O–H groups in total. The van der Waals surface area contributed by atoms with Gasteiger partial charge in [-0.3, -0.25) is 10.1 Å². The molecule has 2 aromatic carbocycles. The van der Waals surface area contributed by atoms with Gasteiger partial charge in [0.15, 0.2) is 0 Å². The summed E-state index contributed by atoms with van der Waals surface area (Å²) in [4.78, 5) is 10.8. The Morgan fingerprint density at radius 2 is 1.79 bits per heavy atom. The molecule has 154 valence electrons. The number of fused-ring (bicyclic) bond motifs is 1. The van der Waals surface area contributed by atoms with E-state index in [1.165, 1.54) is 12.1 Å². The van der Waals surface area contributed by atoms with E-state index in [4.69, 9.17) is 4.42 Å². The van der Waals surface area contributed by atoms with Crippen molar-refractivity contribution in [2.45, 2.75) is 44.2 Å². The predicted octanol–water partition coefficient (Wildman–Crippen LogP) is 4.59. The van der Waals surface area contributed by atoms with Gasteiger partial charge in [0, 0.05) is 17.0 Å². The lowest BCUT2D eigenvalue weighted by Gasteiger charge is -2.20. The summed E-state index contributed by atoms with van der Waals surface area (Å²) in [6.45, 7) is 6.91. The van der Waals surface area contributed by atoms with Crippen molar-refractivity contribution >= 4 is 32.4 Å². The molecule has 29 heavy (non-hydrogen) atoms. The molecule has 0 aliphatic carbocycles. The first-order valence-corrected chi connectivity index (χ1v) is 10.5. The van der Waals surface area contributed by atoms with Crippen LogP contribution in [0.1, 0.15) is 39.5 Å². The van der Waals surface area contributed by atoms with Gasteiger partial charge in [-0.05, 0) is 52.0 Å². The van der Waals surface area contributed by atoms with Gasteiger partial charge >= 0.3 is 0 Å². The molecule has 0 amide bonds. The maximum atomic E-state index is 12.5. The van der Waals surface area contributed by atoms with Crippen LogP contribution < -0.4 is 10.0 Å². The number of rotatable bonds is 6. The predicted molar refractivity (Wildman–Crippen MR) is 111 cm³/mol. The van der Waals surface area contributed by atoms with Gasteiger partial charge in [-0.15, -0.1) is 0 Å². The first kappa shape index (κ1) is 20.8. The second-order valence-corrected chi connectivity index (χ2v) is 9.53. The van der Waals surface area contributed by atoms with Crippen molar-refractivity contribution in [2.75, 3.05) is 5.32 Å². The number of nitrogens with one attached hydrogen (secondary N) is 2. The lowest BCUT2D eigenvalue weighted by atomic mass is 10.1. The van der Waals surface area contributed by atoms with E-state index in [1.807, 2.05) is 37.3 Å². The van der Waals surface area contributed by atoms with Crippen LogP contribution in [0.25, 0.3) is 11.0 Å². The number of sulfonamides is 1. The Bertz CT molecular complexity index is 1130. The number of anilines is 1. The van der Waals surface area contributed by atoms with Gasteiger partial charge in [-0.1, -0.05) is 18.2 Å². The van der Waals surface area contributed by atoms with Crippen molar-refractivity contribution < 1.29 is 17.8 Å². The summed E-state index contributed by atoms with van der Waals surface area (Å²) in [5.41, 5.74) is -0.108. The first-order chi connectivity index (χ1) is 13.5. The van der Waals surface area contributed by atoms with Crippen molar-refractivity contribution in [1.82, 2.24) is 4.72 Å². The van der Waals surface area contributed by atoms with E-state index < -0.39 is 20.5 Å². The number of nitro benzene ring substituents is 1. The molecule has 0 saturated heterocycles. The minimum atomic E-state index is -3.89. The minimum Gasteiger partial charge on any atom is -0.459 e. The van der Waals surface area contributed by atoms with Crippen LogP contribution in [0.3, 0.4) is 0 Å². The summed E-state index contributed by atoms with van der Waals surface area (Å²) in [5.74, 6) is 0.617. The number of benzene rings is 2. The summed E-state index contributed by atoms with van der Waals surface area (Å²) < 4.78 is 33.3. The summed E-state index contributed by atoms with van der Waals surface area (Å²) in [7, 11) is -3.89. The zero-order chi connectivity index (χ0) is 21.4. The van der Waals surface area contributed by atoms with E-state index >= 15 is 0 Å². The fraction of sp³-hybridized carbons (Fsp3) is 0.300. The molecule has 0 aliphatic rings. The van der Waals surface area contributed by atoms with Crippen molar-refractivity contribution in [1.29, 1.82) is 0 Å². The van der Waals surface area contributed by atoms with Gasteiger partial charge in [0.1, 0.15) is 17.0 Å². The molecule has 0 unspecified atom stereocenters. The molecule has 3 rings (SSSR count). The molecule has 8 nitrogen and oxygen atoms in total. The molecule has 3 aromatic rings. The summed E-state index contributed by atoms with van der Waals surface area (Å²) >= 11 is 0. The van der Waals surface area contributed by atoms with Crippen LogP contribution in [0, 0.1) is 10.1 Å². The van der Waals surface area contributed by atoms with Crippen molar-refractivity contribution in [3.8, 4) is 0 Å². The summed E-state index contributed by atoms with van der Waals surface area (Å²) in [5, 5.41) is 15.5. The van der Waals surface area contributed by atoms with Crippen molar-refractivity contribution in [3.05, 3.63) is 64.4 Å².